The molecule has 5 rings (SSSR count). The van der Waals surface area contributed by atoms with Crippen LogP contribution in [-0.4, -0.2) is 33.9 Å². The first kappa shape index (κ1) is 27.1. The monoisotopic (exact) mass is 669 g/mol. The first-order valence-corrected chi connectivity index (χ1v) is 14.4. The Labute approximate surface area is 242 Å². The molecule has 38 heavy (non-hydrogen) atoms. The Kier molecular flexibility index (Phi) is 8.08. The van der Waals surface area contributed by atoms with Gasteiger partial charge in [0.05, 0.1) is 16.9 Å². The molecule has 1 aliphatic heterocycles. The second kappa shape index (κ2) is 11.3. The van der Waals surface area contributed by atoms with Crippen molar-refractivity contribution >= 4 is 69.4 Å². The first-order valence-electron chi connectivity index (χ1n) is 12.1. The number of rotatable bonds is 9. The van der Waals surface area contributed by atoms with Crippen LogP contribution < -0.4 is 25.7 Å². The minimum atomic E-state index is -0.512. The first-order chi connectivity index (χ1) is 18.2. The van der Waals surface area contributed by atoms with Gasteiger partial charge >= 0.3 is 0 Å². The van der Waals surface area contributed by atoms with Gasteiger partial charge in [0, 0.05) is 41.9 Å². The SMILES string of the molecule is Cc1c(Oc2cccc(NSN3CCC3)c2Cl)c(C(=O)NC2CC2)c(Nc2ccc(I)cc2F)n(C)c1=O. The van der Waals surface area contributed by atoms with Crippen molar-refractivity contribution in [3.8, 4) is 11.5 Å². The predicted molar refractivity (Wildman–Crippen MR) is 158 cm³/mol. The number of nitrogens with one attached hydrogen (secondary N) is 3. The van der Waals surface area contributed by atoms with Gasteiger partial charge in [0.2, 0.25) is 0 Å². The van der Waals surface area contributed by atoms with Crippen LogP contribution in [0.15, 0.2) is 41.2 Å². The highest BCUT2D eigenvalue weighted by Crippen LogP contribution is 2.40. The molecule has 1 aliphatic carbocycles. The van der Waals surface area contributed by atoms with Crippen LogP contribution in [0.25, 0.3) is 0 Å². The van der Waals surface area contributed by atoms with Gasteiger partial charge in [0.1, 0.15) is 28.0 Å². The van der Waals surface area contributed by atoms with E-state index in [9.17, 15) is 14.0 Å². The maximum atomic E-state index is 14.8. The van der Waals surface area contributed by atoms with E-state index >= 15 is 0 Å². The Hall–Kier alpha value is -2.48. The lowest BCUT2D eigenvalue weighted by Gasteiger charge is -2.29. The molecule has 0 unspecified atom stereocenters. The molecule has 3 N–H and O–H groups in total. The number of benzene rings is 2. The lowest BCUT2D eigenvalue weighted by Crippen LogP contribution is -2.32. The molecule has 2 heterocycles. The number of aromatic nitrogens is 1. The van der Waals surface area contributed by atoms with Crippen molar-refractivity contribution in [1.82, 2.24) is 14.2 Å². The van der Waals surface area contributed by atoms with E-state index in [0.29, 0.717) is 10.7 Å². The zero-order valence-electron chi connectivity index (χ0n) is 20.7. The van der Waals surface area contributed by atoms with E-state index in [0.717, 1.165) is 35.9 Å². The molecule has 1 saturated heterocycles. The van der Waals surface area contributed by atoms with Crippen LogP contribution in [0.4, 0.5) is 21.6 Å². The summed E-state index contributed by atoms with van der Waals surface area (Å²) >= 11 is 10.2. The number of hydrogen-bond acceptors (Lipinski definition) is 7. The number of ether oxygens (including phenoxy) is 1. The fourth-order valence-corrected chi connectivity index (χ4v) is 5.43. The number of halogens is 3. The van der Waals surface area contributed by atoms with E-state index in [1.165, 1.54) is 29.8 Å². The molecule has 0 atom stereocenters. The molecule has 2 fully saturated rings. The number of nitrogens with zero attached hydrogens (tertiary/aromatic N) is 2. The van der Waals surface area contributed by atoms with E-state index in [1.807, 2.05) is 28.7 Å². The quantitative estimate of drug-likeness (QED) is 0.185. The Morgan fingerprint density at radius 1 is 1.21 bits per heavy atom. The number of carbonyl (C=O) groups is 1. The maximum Gasteiger partial charge on any atom is 0.259 e. The van der Waals surface area contributed by atoms with Crippen molar-refractivity contribution in [3.05, 3.63) is 72.3 Å². The Morgan fingerprint density at radius 3 is 2.63 bits per heavy atom. The molecular formula is C26H26ClFIN5O3S. The number of pyridine rings is 1. The predicted octanol–water partition coefficient (Wildman–Crippen LogP) is 6.20. The van der Waals surface area contributed by atoms with Gasteiger partial charge in [0.15, 0.2) is 5.75 Å². The number of carbonyl (C=O) groups excluding carboxylic acids is 1. The highest BCUT2D eigenvalue weighted by atomic mass is 127. The number of hydrogen-bond donors (Lipinski definition) is 3. The standard InChI is InChI=1S/C26H26ClFIN5O3S/c1-14-23(37-20-6-3-5-19(22(20)27)32-38-34-11-4-12-34)21(25(35)30-16-8-9-16)24(33(2)26(14)36)31-18-10-7-15(29)13-17(18)28/h3,5-7,10,13,16,31-32H,4,8-9,11-12H2,1-2H3,(H,30,35). The summed E-state index contributed by atoms with van der Waals surface area (Å²) < 4.78 is 28.4. The second-order valence-electron chi connectivity index (χ2n) is 9.23. The Bertz CT molecular complexity index is 1460. The zero-order valence-corrected chi connectivity index (χ0v) is 24.5. The zero-order chi connectivity index (χ0) is 27.0. The summed E-state index contributed by atoms with van der Waals surface area (Å²) in [5.41, 5.74) is 0.703. The third-order valence-corrected chi connectivity index (χ3v) is 8.36. The van der Waals surface area contributed by atoms with Crippen LogP contribution in [0.3, 0.4) is 0 Å². The van der Waals surface area contributed by atoms with Gasteiger partial charge < -0.3 is 20.1 Å². The second-order valence-corrected chi connectivity index (χ2v) is 11.8. The molecule has 2 aromatic carbocycles. The van der Waals surface area contributed by atoms with E-state index in [4.69, 9.17) is 16.3 Å². The molecule has 0 spiro atoms. The molecule has 12 heteroatoms. The third-order valence-electron chi connectivity index (χ3n) is 6.36. The molecule has 2 aliphatic rings. The van der Waals surface area contributed by atoms with Crippen molar-refractivity contribution in [2.75, 3.05) is 23.1 Å². The summed E-state index contributed by atoms with van der Waals surface area (Å²) in [6.45, 7) is 3.58. The van der Waals surface area contributed by atoms with Gasteiger partial charge in [-0.25, -0.2) is 8.70 Å². The minimum Gasteiger partial charge on any atom is -0.454 e. The lowest BCUT2D eigenvalue weighted by molar-refractivity contribution is 0.0948. The van der Waals surface area contributed by atoms with Gasteiger partial charge in [-0.3, -0.25) is 14.2 Å². The summed E-state index contributed by atoms with van der Waals surface area (Å²) in [4.78, 5) is 26.8. The Balaban J connectivity index is 1.57. The summed E-state index contributed by atoms with van der Waals surface area (Å²) in [7, 11) is 1.53. The molecule has 1 amide bonds. The van der Waals surface area contributed by atoms with Crippen LogP contribution in [0.2, 0.25) is 5.02 Å². The van der Waals surface area contributed by atoms with Gasteiger partial charge in [0.25, 0.3) is 11.5 Å². The topological polar surface area (TPSA) is 87.6 Å². The number of amides is 1. The smallest absolute Gasteiger partial charge is 0.259 e. The van der Waals surface area contributed by atoms with Crippen molar-refractivity contribution in [2.24, 2.45) is 7.05 Å². The fraction of sp³-hybridized carbons (Fsp3) is 0.308. The van der Waals surface area contributed by atoms with E-state index in [1.54, 1.807) is 31.2 Å². The molecule has 200 valence electrons. The van der Waals surface area contributed by atoms with Gasteiger partial charge in [-0.2, -0.15) is 0 Å². The largest absolute Gasteiger partial charge is 0.454 e. The van der Waals surface area contributed by atoms with Gasteiger partial charge in [-0.15, -0.1) is 0 Å². The molecule has 1 aromatic heterocycles. The van der Waals surface area contributed by atoms with Crippen LogP contribution in [0, 0.1) is 16.3 Å². The van der Waals surface area contributed by atoms with Crippen molar-refractivity contribution < 1.29 is 13.9 Å². The van der Waals surface area contributed by atoms with Crippen molar-refractivity contribution in [2.45, 2.75) is 32.2 Å². The van der Waals surface area contributed by atoms with E-state index < -0.39 is 17.3 Å². The summed E-state index contributed by atoms with van der Waals surface area (Å²) in [5, 5.41) is 6.25. The summed E-state index contributed by atoms with van der Waals surface area (Å²) in [5.74, 6) is -0.471. The third kappa shape index (κ3) is 5.75. The molecule has 8 nitrogen and oxygen atoms in total. The lowest BCUT2D eigenvalue weighted by atomic mass is 10.1. The number of anilines is 3. The van der Waals surface area contributed by atoms with Crippen LogP contribution >= 0.6 is 46.3 Å². The summed E-state index contributed by atoms with van der Waals surface area (Å²) in [6.07, 6.45) is 2.90. The molecular weight excluding hydrogens is 644 g/mol. The summed E-state index contributed by atoms with van der Waals surface area (Å²) in [6, 6.07) is 9.99. The van der Waals surface area contributed by atoms with Gasteiger partial charge in [-0.1, -0.05) is 17.7 Å². The highest BCUT2D eigenvalue weighted by molar-refractivity contribution is 14.1. The maximum absolute atomic E-state index is 14.8. The minimum absolute atomic E-state index is 0.0467. The molecule has 1 saturated carbocycles. The normalized spacial score (nSPS) is 15.1. The van der Waals surface area contributed by atoms with Gasteiger partial charge in [-0.05, 0) is 79.1 Å². The molecule has 0 bridgehead atoms. The van der Waals surface area contributed by atoms with Crippen LogP contribution in [-0.2, 0) is 7.05 Å². The molecule has 3 aromatic rings. The average molecular weight is 670 g/mol. The van der Waals surface area contributed by atoms with E-state index in [-0.39, 0.29) is 40.2 Å². The fourth-order valence-electron chi connectivity index (χ4n) is 3.87. The van der Waals surface area contributed by atoms with E-state index in [2.05, 4.69) is 19.7 Å². The van der Waals surface area contributed by atoms with Crippen molar-refractivity contribution in [3.63, 3.8) is 0 Å². The van der Waals surface area contributed by atoms with Crippen molar-refractivity contribution in [1.29, 1.82) is 0 Å². The van der Waals surface area contributed by atoms with Crippen LogP contribution in [0.1, 0.15) is 35.2 Å². The van der Waals surface area contributed by atoms with Crippen LogP contribution in [0.5, 0.6) is 11.5 Å². The highest BCUT2D eigenvalue weighted by Gasteiger charge is 2.31. The molecule has 0 radical (unpaired) electrons. The average Bonchev–Trinajstić information content (AvgIpc) is 3.67. The Morgan fingerprint density at radius 2 is 1.97 bits per heavy atom.